The number of aromatic nitrogens is 3. The zero-order valence-corrected chi connectivity index (χ0v) is 19.7. The van der Waals surface area contributed by atoms with Crippen molar-refractivity contribution in [1.82, 2.24) is 14.8 Å². The number of aromatic hydroxyl groups is 1. The molecule has 1 amide bonds. The molecule has 1 aliphatic heterocycles. The molecule has 0 spiro atoms. The molecule has 176 valence electrons. The number of nitrogens with one attached hydrogen (secondary N) is 2. The number of para-hydroxylation sites is 2. The third-order valence-corrected chi connectivity index (χ3v) is 5.99. The fraction of sp³-hybridized carbons (Fsp3) is 0.115. The molecule has 1 aromatic heterocycles. The van der Waals surface area contributed by atoms with Gasteiger partial charge in [-0.1, -0.05) is 48.0 Å². The van der Waals surface area contributed by atoms with Gasteiger partial charge in [-0.15, -0.1) is 5.10 Å². The van der Waals surface area contributed by atoms with Crippen molar-refractivity contribution in [2.75, 3.05) is 17.7 Å². The fourth-order valence-corrected chi connectivity index (χ4v) is 4.23. The Morgan fingerprint density at radius 1 is 1.11 bits per heavy atom. The molecular weight excluding hydrogens is 466 g/mol. The number of phenolic OH excluding ortho intramolecular Hbond substituents is 1. The van der Waals surface area contributed by atoms with Crippen LogP contribution >= 0.6 is 11.6 Å². The predicted octanol–water partition coefficient (Wildman–Crippen LogP) is 5.24. The standard InChI is InChI=1S/C26H22ClN5O3/c1-15-22(25(34)29-20-8-3-4-9-21(20)35-2)23(16-10-12-18(27)13-11-16)32-26(28-15)30-24(31-32)17-6-5-7-19(33)14-17/h3-14,23,33H,1-2H3,(H,29,34)(H,28,30,31). The van der Waals surface area contributed by atoms with Crippen molar-refractivity contribution >= 4 is 29.1 Å². The minimum atomic E-state index is -0.572. The van der Waals surface area contributed by atoms with Crippen LogP contribution in [0.3, 0.4) is 0 Å². The van der Waals surface area contributed by atoms with E-state index in [0.717, 1.165) is 5.56 Å². The zero-order valence-electron chi connectivity index (χ0n) is 19.0. The Labute approximate surface area is 206 Å². The molecule has 3 aromatic carbocycles. The number of hydrogen-bond acceptors (Lipinski definition) is 6. The van der Waals surface area contributed by atoms with Crippen LogP contribution in [-0.4, -0.2) is 32.9 Å². The van der Waals surface area contributed by atoms with Crippen molar-refractivity contribution in [3.63, 3.8) is 0 Å². The summed E-state index contributed by atoms with van der Waals surface area (Å²) in [4.78, 5) is 18.3. The van der Waals surface area contributed by atoms with E-state index in [1.54, 1.807) is 54.3 Å². The van der Waals surface area contributed by atoms with Crippen molar-refractivity contribution in [2.24, 2.45) is 0 Å². The molecule has 4 aromatic rings. The molecule has 1 unspecified atom stereocenters. The summed E-state index contributed by atoms with van der Waals surface area (Å²) in [5.41, 5.74) is 3.13. The lowest BCUT2D eigenvalue weighted by Gasteiger charge is -2.28. The summed E-state index contributed by atoms with van der Waals surface area (Å²) in [6.45, 7) is 1.83. The van der Waals surface area contributed by atoms with Crippen LogP contribution in [0.4, 0.5) is 11.6 Å². The number of amides is 1. The first kappa shape index (κ1) is 22.5. The third-order valence-electron chi connectivity index (χ3n) is 5.74. The summed E-state index contributed by atoms with van der Waals surface area (Å²) in [6, 6.07) is 20.6. The van der Waals surface area contributed by atoms with Gasteiger partial charge >= 0.3 is 0 Å². The van der Waals surface area contributed by atoms with Crippen LogP contribution in [0.5, 0.6) is 11.5 Å². The van der Waals surface area contributed by atoms with Crippen LogP contribution in [0.1, 0.15) is 18.5 Å². The van der Waals surface area contributed by atoms with E-state index < -0.39 is 6.04 Å². The highest BCUT2D eigenvalue weighted by molar-refractivity contribution is 6.30. The molecular formula is C26H22ClN5O3. The number of nitrogens with zero attached hydrogens (tertiary/aromatic N) is 3. The number of carbonyl (C=O) groups excluding carboxylic acids is 1. The molecule has 0 aliphatic carbocycles. The highest BCUT2D eigenvalue weighted by Crippen LogP contribution is 2.38. The number of carbonyl (C=O) groups is 1. The zero-order chi connectivity index (χ0) is 24.5. The molecule has 0 bridgehead atoms. The molecule has 0 saturated heterocycles. The summed E-state index contributed by atoms with van der Waals surface area (Å²) in [7, 11) is 1.55. The van der Waals surface area contributed by atoms with E-state index in [1.807, 2.05) is 37.3 Å². The maximum atomic E-state index is 13.6. The van der Waals surface area contributed by atoms with Gasteiger partial charge in [-0.3, -0.25) is 4.79 Å². The lowest BCUT2D eigenvalue weighted by atomic mass is 9.95. The quantitative estimate of drug-likeness (QED) is 0.356. The van der Waals surface area contributed by atoms with Gasteiger partial charge in [0, 0.05) is 16.3 Å². The molecule has 8 nitrogen and oxygen atoms in total. The van der Waals surface area contributed by atoms with Crippen molar-refractivity contribution in [1.29, 1.82) is 0 Å². The van der Waals surface area contributed by atoms with Gasteiger partial charge in [-0.25, -0.2) is 4.68 Å². The summed E-state index contributed by atoms with van der Waals surface area (Å²) in [5.74, 6) is 1.26. The molecule has 0 saturated carbocycles. The summed E-state index contributed by atoms with van der Waals surface area (Å²) in [6.07, 6.45) is 0. The van der Waals surface area contributed by atoms with E-state index in [2.05, 4.69) is 15.6 Å². The minimum absolute atomic E-state index is 0.115. The number of hydrogen-bond donors (Lipinski definition) is 3. The van der Waals surface area contributed by atoms with Crippen molar-refractivity contribution < 1.29 is 14.6 Å². The second kappa shape index (κ2) is 9.15. The van der Waals surface area contributed by atoms with E-state index in [9.17, 15) is 9.90 Å². The number of fused-ring (bicyclic) bond motifs is 1. The summed E-state index contributed by atoms with van der Waals surface area (Å²) < 4.78 is 7.07. The second-order valence-corrected chi connectivity index (χ2v) is 8.46. The van der Waals surface area contributed by atoms with Crippen LogP contribution in [0.2, 0.25) is 5.02 Å². The number of anilines is 2. The second-order valence-electron chi connectivity index (χ2n) is 8.03. The Morgan fingerprint density at radius 2 is 1.89 bits per heavy atom. The Bertz CT molecular complexity index is 1450. The lowest BCUT2D eigenvalue weighted by molar-refractivity contribution is -0.113. The Morgan fingerprint density at radius 3 is 2.63 bits per heavy atom. The van der Waals surface area contributed by atoms with Crippen LogP contribution < -0.4 is 15.4 Å². The van der Waals surface area contributed by atoms with Crippen molar-refractivity contribution in [2.45, 2.75) is 13.0 Å². The third kappa shape index (κ3) is 4.31. The average molecular weight is 488 g/mol. The number of rotatable bonds is 5. The van der Waals surface area contributed by atoms with E-state index in [0.29, 0.717) is 45.1 Å². The molecule has 5 rings (SSSR count). The molecule has 3 N–H and O–H groups in total. The van der Waals surface area contributed by atoms with Gasteiger partial charge in [0.25, 0.3) is 5.91 Å². The molecule has 35 heavy (non-hydrogen) atoms. The lowest BCUT2D eigenvalue weighted by Crippen LogP contribution is -2.31. The number of benzene rings is 3. The first-order chi connectivity index (χ1) is 16.9. The predicted molar refractivity (Wildman–Crippen MR) is 135 cm³/mol. The molecule has 1 atom stereocenters. The largest absolute Gasteiger partial charge is 0.508 e. The highest BCUT2D eigenvalue weighted by atomic mass is 35.5. The number of allylic oxidation sites excluding steroid dienone is 1. The Hall–Kier alpha value is -4.30. The highest BCUT2D eigenvalue weighted by Gasteiger charge is 2.34. The Balaban J connectivity index is 1.60. The van der Waals surface area contributed by atoms with Crippen molar-refractivity contribution in [3.8, 4) is 22.9 Å². The van der Waals surface area contributed by atoms with Crippen LogP contribution in [-0.2, 0) is 4.79 Å². The number of ether oxygens (including phenoxy) is 1. The topological polar surface area (TPSA) is 101 Å². The number of phenols is 1. The van der Waals surface area contributed by atoms with Gasteiger partial charge in [-0.05, 0) is 48.9 Å². The van der Waals surface area contributed by atoms with Gasteiger partial charge in [0.1, 0.15) is 17.5 Å². The number of halogens is 1. The van der Waals surface area contributed by atoms with Crippen LogP contribution in [0.25, 0.3) is 11.4 Å². The molecule has 0 radical (unpaired) electrons. The maximum Gasteiger partial charge on any atom is 0.255 e. The van der Waals surface area contributed by atoms with Gasteiger partial charge in [0.15, 0.2) is 5.82 Å². The number of methoxy groups -OCH3 is 1. The average Bonchev–Trinajstić information content (AvgIpc) is 3.28. The van der Waals surface area contributed by atoms with E-state index in [4.69, 9.17) is 21.4 Å². The smallest absolute Gasteiger partial charge is 0.255 e. The van der Waals surface area contributed by atoms with E-state index in [-0.39, 0.29) is 11.7 Å². The monoisotopic (exact) mass is 487 g/mol. The van der Waals surface area contributed by atoms with Crippen molar-refractivity contribution in [3.05, 3.63) is 94.7 Å². The Kier molecular flexibility index (Phi) is 5.88. The minimum Gasteiger partial charge on any atom is -0.508 e. The first-order valence-electron chi connectivity index (χ1n) is 10.9. The molecule has 1 aliphatic rings. The maximum absolute atomic E-state index is 13.6. The normalized spacial score (nSPS) is 14.8. The summed E-state index contributed by atoms with van der Waals surface area (Å²) in [5, 5.41) is 21.4. The fourth-order valence-electron chi connectivity index (χ4n) is 4.10. The summed E-state index contributed by atoms with van der Waals surface area (Å²) >= 11 is 6.14. The van der Waals surface area contributed by atoms with Gasteiger partial charge in [0.05, 0.1) is 18.4 Å². The molecule has 2 heterocycles. The molecule has 9 heteroatoms. The van der Waals surface area contributed by atoms with Crippen LogP contribution in [0.15, 0.2) is 84.1 Å². The molecule has 0 fully saturated rings. The van der Waals surface area contributed by atoms with E-state index >= 15 is 0 Å². The van der Waals surface area contributed by atoms with Gasteiger partial charge in [0.2, 0.25) is 5.95 Å². The van der Waals surface area contributed by atoms with E-state index in [1.165, 1.54) is 0 Å². The van der Waals surface area contributed by atoms with Gasteiger partial charge in [-0.2, -0.15) is 4.98 Å². The van der Waals surface area contributed by atoms with Crippen LogP contribution in [0, 0.1) is 0 Å². The SMILES string of the molecule is COc1ccccc1NC(=O)C1=C(C)Nc2nc(-c3cccc(O)c3)nn2C1c1ccc(Cl)cc1. The van der Waals surface area contributed by atoms with Gasteiger partial charge < -0.3 is 20.5 Å². The first-order valence-corrected chi connectivity index (χ1v) is 11.3.